The standard InChI is InChI=1S/C13H22N4/c1-16-7-5-11(8-16)9-17(2)10-13-12(14)4-3-6-15-13/h3-4,6,11H,5,7-10,14H2,1-2H3. The first-order valence-corrected chi connectivity index (χ1v) is 6.21. The molecule has 0 aliphatic carbocycles. The molecule has 1 atom stereocenters. The molecule has 2 rings (SSSR count). The van der Waals surface area contributed by atoms with Crippen LogP contribution in [0.3, 0.4) is 0 Å². The largest absolute Gasteiger partial charge is 0.397 e. The van der Waals surface area contributed by atoms with Crippen molar-refractivity contribution in [1.82, 2.24) is 14.8 Å². The minimum Gasteiger partial charge on any atom is -0.397 e. The summed E-state index contributed by atoms with van der Waals surface area (Å²) in [6.45, 7) is 4.40. The number of pyridine rings is 1. The van der Waals surface area contributed by atoms with Crippen LogP contribution < -0.4 is 5.73 Å². The van der Waals surface area contributed by atoms with Gasteiger partial charge in [-0.05, 0) is 45.1 Å². The second kappa shape index (κ2) is 5.47. The second-order valence-corrected chi connectivity index (χ2v) is 5.15. The molecule has 0 aromatic carbocycles. The van der Waals surface area contributed by atoms with Crippen molar-refractivity contribution < 1.29 is 0 Å². The van der Waals surface area contributed by atoms with E-state index in [4.69, 9.17) is 5.73 Å². The number of nitrogens with two attached hydrogens (primary N) is 1. The van der Waals surface area contributed by atoms with E-state index in [1.54, 1.807) is 0 Å². The lowest BCUT2D eigenvalue weighted by Gasteiger charge is -2.21. The van der Waals surface area contributed by atoms with Crippen molar-refractivity contribution in [2.75, 3.05) is 39.5 Å². The van der Waals surface area contributed by atoms with Crippen LogP contribution in [0.15, 0.2) is 18.3 Å². The quantitative estimate of drug-likeness (QED) is 0.846. The van der Waals surface area contributed by atoms with Gasteiger partial charge in [-0.2, -0.15) is 0 Å². The Kier molecular flexibility index (Phi) is 3.97. The summed E-state index contributed by atoms with van der Waals surface area (Å²) >= 11 is 0. The van der Waals surface area contributed by atoms with E-state index in [9.17, 15) is 0 Å². The minimum absolute atomic E-state index is 0.787. The molecule has 0 radical (unpaired) electrons. The first-order valence-electron chi connectivity index (χ1n) is 6.21. The molecule has 1 saturated heterocycles. The Labute approximate surface area is 103 Å². The highest BCUT2D eigenvalue weighted by atomic mass is 15.2. The van der Waals surface area contributed by atoms with Crippen molar-refractivity contribution in [3.05, 3.63) is 24.0 Å². The minimum atomic E-state index is 0.787. The SMILES string of the molecule is CN1CCC(CN(C)Cc2ncccc2N)C1. The Morgan fingerprint density at radius 2 is 2.41 bits per heavy atom. The van der Waals surface area contributed by atoms with E-state index >= 15 is 0 Å². The lowest BCUT2D eigenvalue weighted by Crippen LogP contribution is -2.27. The monoisotopic (exact) mass is 234 g/mol. The van der Waals surface area contributed by atoms with Gasteiger partial charge in [0.1, 0.15) is 0 Å². The van der Waals surface area contributed by atoms with E-state index < -0.39 is 0 Å². The maximum Gasteiger partial charge on any atom is 0.0772 e. The van der Waals surface area contributed by atoms with Gasteiger partial charge in [0.2, 0.25) is 0 Å². The molecule has 2 heterocycles. The summed E-state index contributed by atoms with van der Waals surface area (Å²) in [6, 6.07) is 3.80. The second-order valence-electron chi connectivity index (χ2n) is 5.15. The van der Waals surface area contributed by atoms with Crippen molar-refractivity contribution in [3.8, 4) is 0 Å². The zero-order valence-corrected chi connectivity index (χ0v) is 10.8. The molecule has 1 aromatic rings. The number of likely N-dealkylation sites (tertiary alicyclic amines) is 1. The summed E-state index contributed by atoms with van der Waals surface area (Å²) in [6.07, 6.45) is 3.11. The molecule has 2 N–H and O–H groups in total. The maximum absolute atomic E-state index is 5.90. The molecule has 17 heavy (non-hydrogen) atoms. The number of hydrogen-bond donors (Lipinski definition) is 1. The van der Waals surface area contributed by atoms with Gasteiger partial charge in [0.15, 0.2) is 0 Å². The van der Waals surface area contributed by atoms with Gasteiger partial charge < -0.3 is 15.5 Å². The third kappa shape index (κ3) is 3.41. The van der Waals surface area contributed by atoms with Gasteiger partial charge in [0.05, 0.1) is 11.4 Å². The Morgan fingerprint density at radius 1 is 1.59 bits per heavy atom. The highest BCUT2D eigenvalue weighted by molar-refractivity contribution is 5.41. The number of hydrogen-bond acceptors (Lipinski definition) is 4. The molecule has 1 unspecified atom stereocenters. The summed E-state index contributed by atoms with van der Waals surface area (Å²) < 4.78 is 0. The summed E-state index contributed by atoms with van der Waals surface area (Å²) in [4.78, 5) is 9.05. The van der Waals surface area contributed by atoms with Gasteiger partial charge in [-0.3, -0.25) is 4.98 Å². The topological polar surface area (TPSA) is 45.4 Å². The van der Waals surface area contributed by atoms with Gasteiger partial charge in [0, 0.05) is 25.8 Å². The normalized spacial score (nSPS) is 21.2. The van der Waals surface area contributed by atoms with Crippen LogP contribution in [0.25, 0.3) is 0 Å². The molecule has 0 bridgehead atoms. The first kappa shape index (κ1) is 12.3. The maximum atomic E-state index is 5.90. The fraction of sp³-hybridized carbons (Fsp3) is 0.615. The highest BCUT2D eigenvalue weighted by Crippen LogP contribution is 2.17. The molecule has 94 valence electrons. The predicted octanol–water partition coefficient (Wildman–Crippen LogP) is 1.05. The molecule has 1 fully saturated rings. The molecule has 1 aliphatic heterocycles. The smallest absolute Gasteiger partial charge is 0.0772 e. The summed E-state index contributed by atoms with van der Waals surface area (Å²) in [5.74, 6) is 0.787. The van der Waals surface area contributed by atoms with Crippen molar-refractivity contribution in [1.29, 1.82) is 0 Å². The van der Waals surface area contributed by atoms with Crippen LogP contribution in [0.4, 0.5) is 5.69 Å². The Morgan fingerprint density at radius 3 is 3.06 bits per heavy atom. The molecule has 0 amide bonds. The van der Waals surface area contributed by atoms with Gasteiger partial charge in [-0.15, -0.1) is 0 Å². The fourth-order valence-corrected chi connectivity index (χ4v) is 2.52. The Bertz CT molecular complexity index is 366. The van der Waals surface area contributed by atoms with E-state index in [2.05, 4.69) is 28.9 Å². The molecule has 4 nitrogen and oxygen atoms in total. The lowest BCUT2D eigenvalue weighted by atomic mass is 10.1. The number of aromatic nitrogens is 1. The molecule has 4 heteroatoms. The van der Waals surface area contributed by atoms with Crippen molar-refractivity contribution in [2.24, 2.45) is 5.92 Å². The average molecular weight is 234 g/mol. The van der Waals surface area contributed by atoms with Crippen LogP contribution >= 0.6 is 0 Å². The molecule has 0 saturated carbocycles. The Hall–Kier alpha value is -1.13. The Balaban J connectivity index is 1.85. The number of nitrogen functional groups attached to an aromatic ring is 1. The zero-order chi connectivity index (χ0) is 12.3. The van der Waals surface area contributed by atoms with Gasteiger partial charge in [-0.1, -0.05) is 0 Å². The van der Waals surface area contributed by atoms with E-state index in [0.29, 0.717) is 0 Å². The van der Waals surface area contributed by atoms with Gasteiger partial charge in [-0.25, -0.2) is 0 Å². The number of anilines is 1. The first-order chi connectivity index (χ1) is 8.15. The van der Waals surface area contributed by atoms with Crippen LogP contribution in [-0.2, 0) is 6.54 Å². The molecule has 1 aliphatic rings. The molecule has 0 spiro atoms. The van der Waals surface area contributed by atoms with E-state index in [1.165, 1.54) is 19.5 Å². The van der Waals surface area contributed by atoms with Crippen LogP contribution in [0.1, 0.15) is 12.1 Å². The fourth-order valence-electron chi connectivity index (χ4n) is 2.52. The van der Waals surface area contributed by atoms with Crippen LogP contribution in [0.2, 0.25) is 0 Å². The third-order valence-electron chi connectivity index (χ3n) is 3.40. The van der Waals surface area contributed by atoms with Crippen LogP contribution in [-0.4, -0.2) is 48.5 Å². The summed E-state index contributed by atoms with van der Waals surface area (Å²) in [5.41, 5.74) is 7.68. The van der Waals surface area contributed by atoms with Crippen LogP contribution in [0.5, 0.6) is 0 Å². The lowest BCUT2D eigenvalue weighted by molar-refractivity contribution is 0.265. The molecular weight excluding hydrogens is 212 g/mol. The van der Waals surface area contributed by atoms with Crippen molar-refractivity contribution in [2.45, 2.75) is 13.0 Å². The zero-order valence-electron chi connectivity index (χ0n) is 10.8. The van der Waals surface area contributed by atoms with Crippen molar-refractivity contribution >= 4 is 5.69 Å². The molecular formula is C13H22N4. The number of nitrogens with zero attached hydrogens (tertiary/aromatic N) is 3. The van der Waals surface area contributed by atoms with E-state index in [-0.39, 0.29) is 0 Å². The van der Waals surface area contributed by atoms with E-state index in [1.807, 2.05) is 18.3 Å². The third-order valence-corrected chi connectivity index (χ3v) is 3.40. The van der Waals surface area contributed by atoms with Gasteiger partial charge in [0.25, 0.3) is 0 Å². The molecule has 1 aromatic heterocycles. The number of rotatable bonds is 4. The highest BCUT2D eigenvalue weighted by Gasteiger charge is 2.20. The predicted molar refractivity (Wildman–Crippen MR) is 70.6 cm³/mol. The van der Waals surface area contributed by atoms with Crippen LogP contribution in [0, 0.1) is 5.92 Å². The van der Waals surface area contributed by atoms with Crippen molar-refractivity contribution in [3.63, 3.8) is 0 Å². The van der Waals surface area contributed by atoms with Gasteiger partial charge >= 0.3 is 0 Å². The summed E-state index contributed by atoms with van der Waals surface area (Å²) in [5, 5.41) is 0. The summed E-state index contributed by atoms with van der Waals surface area (Å²) in [7, 11) is 4.34. The van der Waals surface area contributed by atoms with E-state index in [0.717, 1.165) is 30.4 Å². The average Bonchev–Trinajstić information content (AvgIpc) is 2.67.